The Hall–Kier alpha value is -1.03. The van der Waals surface area contributed by atoms with Gasteiger partial charge in [-0.25, -0.2) is 0 Å². The molecule has 0 radical (unpaired) electrons. The van der Waals surface area contributed by atoms with Crippen LogP contribution in [0.15, 0.2) is 24.3 Å². The summed E-state index contributed by atoms with van der Waals surface area (Å²) < 4.78 is 39.2. The molecule has 1 nitrogen and oxygen atoms in total. The van der Waals surface area contributed by atoms with Crippen molar-refractivity contribution in [2.75, 3.05) is 7.05 Å². The number of benzene rings is 1. The molecule has 2 rings (SSSR count). The monoisotopic (exact) mass is 285 g/mol. The Labute approximate surface area is 118 Å². The molecule has 112 valence electrons. The van der Waals surface area contributed by atoms with E-state index < -0.39 is 11.7 Å². The second-order valence-corrected chi connectivity index (χ2v) is 5.65. The largest absolute Gasteiger partial charge is 0.416 e. The summed E-state index contributed by atoms with van der Waals surface area (Å²) in [6.07, 6.45) is 2.52. The molecule has 1 unspecified atom stereocenters. The molecule has 4 heteroatoms. The van der Waals surface area contributed by atoms with Crippen molar-refractivity contribution in [3.05, 3.63) is 35.4 Å². The van der Waals surface area contributed by atoms with Crippen LogP contribution in [0.4, 0.5) is 13.2 Å². The van der Waals surface area contributed by atoms with Gasteiger partial charge in [0.05, 0.1) is 5.56 Å². The van der Waals surface area contributed by atoms with Gasteiger partial charge >= 0.3 is 6.18 Å². The average molecular weight is 285 g/mol. The summed E-state index contributed by atoms with van der Waals surface area (Å²) in [7, 11) is 1.74. The van der Waals surface area contributed by atoms with E-state index in [1.165, 1.54) is 37.8 Å². The Morgan fingerprint density at radius 1 is 1.20 bits per heavy atom. The molecule has 0 saturated heterocycles. The maximum absolute atomic E-state index is 13.1. The highest BCUT2D eigenvalue weighted by Crippen LogP contribution is 2.37. The van der Waals surface area contributed by atoms with Gasteiger partial charge in [0.15, 0.2) is 0 Å². The molecule has 1 aromatic carbocycles. The summed E-state index contributed by atoms with van der Waals surface area (Å²) >= 11 is 0. The first kappa shape index (κ1) is 15.4. The average Bonchev–Trinajstić information content (AvgIpc) is 2.92. The first-order valence-corrected chi connectivity index (χ1v) is 7.35. The molecule has 20 heavy (non-hydrogen) atoms. The van der Waals surface area contributed by atoms with Crippen LogP contribution in [0.1, 0.15) is 55.7 Å². The molecule has 0 heterocycles. The van der Waals surface area contributed by atoms with Gasteiger partial charge in [-0.2, -0.15) is 13.2 Å². The predicted octanol–water partition coefficient (Wildman–Crippen LogP) is 4.94. The van der Waals surface area contributed by atoms with Crippen LogP contribution >= 0.6 is 0 Å². The van der Waals surface area contributed by atoms with Gasteiger partial charge in [-0.15, -0.1) is 0 Å². The lowest BCUT2D eigenvalue weighted by atomic mass is 9.92. The van der Waals surface area contributed by atoms with Gasteiger partial charge in [-0.3, -0.25) is 0 Å². The number of hydrogen-bond acceptors (Lipinski definition) is 1. The lowest BCUT2D eigenvalue weighted by molar-refractivity contribution is -0.138. The summed E-state index contributed by atoms with van der Waals surface area (Å²) in [5.74, 6) is 0.698. The normalized spacial score (nSPS) is 18.4. The highest BCUT2D eigenvalue weighted by molar-refractivity contribution is 5.32. The maximum Gasteiger partial charge on any atom is 0.416 e. The lowest BCUT2D eigenvalue weighted by Crippen LogP contribution is -2.21. The van der Waals surface area contributed by atoms with E-state index in [0.717, 1.165) is 12.8 Å². The molecule has 0 amide bonds. The summed E-state index contributed by atoms with van der Waals surface area (Å²) in [6, 6.07) is 5.70. The Balaban J connectivity index is 2.10. The van der Waals surface area contributed by atoms with E-state index in [1.54, 1.807) is 19.2 Å². The Morgan fingerprint density at radius 3 is 2.45 bits per heavy atom. The fourth-order valence-corrected chi connectivity index (χ4v) is 3.22. The van der Waals surface area contributed by atoms with Crippen molar-refractivity contribution in [1.82, 2.24) is 5.32 Å². The number of alkyl halides is 3. The molecule has 0 bridgehead atoms. The predicted molar refractivity (Wildman–Crippen MR) is 74.4 cm³/mol. The smallest absolute Gasteiger partial charge is 0.313 e. The van der Waals surface area contributed by atoms with Gasteiger partial charge in [0, 0.05) is 6.04 Å². The molecule has 0 aliphatic heterocycles. The van der Waals surface area contributed by atoms with Crippen molar-refractivity contribution >= 4 is 0 Å². The van der Waals surface area contributed by atoms with E-state index in [1.807, 2.05) is 0 Å². The zero-order chi connectivity index (χ0) is 14.6. The number of halogens is 3. The number of nitrogens with one attached hydrogen (secondary N) is 1. The van der Waals surface area contributed by atoms with E-state index in [4.69, 9.17) is 0 Å². The Bertz CT molecular complexity index is 422. The second-order valence-electron chi connectivity index (χ2n) is 5.65. The number of rotatable bonds is 5. The zero-order valence-corrected chi connectivity index (χ0v) is 11.8. The molecule has 1 atom stereocenters. The molecule has 0 aromatic heterocycles. The molecule has 1 saturated carbocycles. The highest BCUT2D eigenvalue weighted by atomic mass is 19.4. The lowest BCUT2D eigenvalue weighted by Gasteiger charge is -2.22. The van der Waals surface area contributed by atoms with Gasteiger partial charge in [0.25, 0.3) is 0 Å². The minimum absolute atomic E-state index is 0.214. The molecule has 1 aliphatic rings. The summed E-state index contributed by atoms with van der Waals surface area (Å²) in [5.41, 5.74) is -0.133. The third-order valence-corrected chi connectivity index (χ3v) is 4.33. The van der Waals surface area contributed by atoms with Crippen LogP contribution in [0.3, 0.4) is 0 Å². The summed E-state index contributed by atoms with van der Waals surface area (Å²) in [5, 5.41) is 3.05. The summed E-state index contributed by atoms with van der Waals surface area (Å²) in [6.45, 7) is 0. The second kappa shape index (κ2) is 6.61. The van der Waals surface area contributed by atoms with Crippen molar-refractivity contribution in [2.24, 2.45) is 5.92 Å². The van der Waals surface area contributed by atoms with Gasteiger partial charge < -0.3 is 5.32 Å². The highest BCUT2D eigenvalue weighted by Gasteiger charge is 2.34. The van der Waals surface area contributed by atoms with E-state index in [9.17, 15) is 13.2 Å². The Kier molecular flexibility index (Phi) is 5.08. The fourth-order valence-electron chi connectivity index (χ4n) is 3.22. The van der Waals surface area contributed by atoms with Gasteiger partial charge in [0.1, 0.15) is 0 Å². The topological polar surface area (TPSA) is 12.0 Å². The molecule has 1 fully saturated rings. The first-order chi connectivity index (χ1) is 9.52. The SMILES string of the molecule is CNC(CCC1CCCC1)c1ccccc1C(F)(F)F. The maximum atomic E-state index is 13.1. The van der Waals surface area contributed by atoms with Gasteiger partial charge in [-0.1, -0.05) is 43.9 Å². The van der Waals surface area contributed by atoms with Crippen LogP contribution < -0.4 is 5.32 Å². The molecule has 1 N–H and O–H groups in total. The third kappa shape index (κ3) is 3.75. The van der Waals surface area contributed by atoms with Gasteiger partial charge in [0.2, 0.25) is 0 Å². The molecule has 0 spiro atoms. The Morgan fingerprint density at radius 2 is 1.85 bits per heavy atom. The molecule has 1 aromatic rings. The van der Waals surface area contributed by atoms with Crippen molar-refractivity contribution in [3.63, 3.8) is 0 Å². The van der Waals surface area contributed by atoms with Gasteiger partial charge in [-0.05, 0) is 37.4 Å². The standard InChI is InChI=1S/C16H22F3N/c1-20-15(11-10-12-6-2-3-7-12)13-8-4-5-9-14(13)16(17,18)19/h4-5,8-9,12,15,20H,2-3,6-7,10-11H2,1H3. The van der Waals surface area contributed by atoms with Crippen molar-refractivity contribution in [2.45, 2.75) is 50.7 Å². The van der Waals surface area contributed by atoms with E-state index in [0.29, 0.717) is 11.5 Å². The molecular weight excluding hydrogens is 263 g/mol. The zero-order valence-electron chi connectivity index (χ0n) is 11.8. The van der Waals surface area contributed by atoms with Crippen molar-refractivity contribution < 1.29 is 13.2 Å². The van der Waals surface area contributed by atoms with E-state index in [2.05, 4.69) is 5.32 Å². The fraction of sp³-hybridized carbons (Fsp3) is 0.625. The van der Waals surface area contributed by atoms with Crippen LogP contribution in [-0.2, 0) is 6.18 Å². The minimum Gasteiger partial charge on any atom is -0.313 e. The van der Waals surface area contributed by atoms with Crippen molar-refractivity contribution in [1.29, 1.82) is 0 Å². The van der Waals surface area contributed by atoms with Crippen LogP contribution in [-0.4, -0.2) is 7.05 Å². The minimum atomic E-state index is -4.28. The van der Waals surface area contributed by atoms with E-state index >= 15 is 0 Å². The number of hydrogen-bond donors (Lipinski definition) is 1. The third-order valence-electron chi connectivity index (χ3n) is 4.33. The molecular formula is C16H22F3N. The van der Waals surface area contributed by atoms with Crippen LogP contribution in [0.2, 0.25) is 0 Å². The van der Waals surface area contributed by atoms with Crippen LogP contribution in [0.25, 0.3) is 0 Å². The van der Waals surface area contributed by atoms with Crippen LogP contribution in [0, 0.1) is 5.92 Å². The van der Waals surface area contributed by atoms with Crippen molar-refractivity contribution in [3.8, 4) is 0 Å². The molecule has 1 aliphatic carbocycles. The first-order valence-electron chi connectivity index (χ1n) is 7.35. The van der Waals surface area contributed by atoms with E-state index in [-0.39, 0.29) is 6.04 Å². The van der Waals surface area contributed by atoms with Crippen LogP contribution in [0.5, 0.6) is 0 Å². The summed E-state index contributed by atoms with van der Waals surface area (Å²) in [4.78, 5) is 0. The quantitative estimate of drug-likeness (QED) is 0.808.